The maximum Gasteiger partial charge on any atom is 0.255 e. The Balaban J connectivity index is 1.36. The normalized spacial score (nSPS) is 20.2. The summed E-state index contributed by atoms with van der Waals surface area (Å²) in [5, 5.41) is 7.85. The third-order valence-corrected chi connectivity index (χ3v) is 7.48. The summed E-state index contributed by atoms with van der Waals surface area (Å²) in [4.78, 5) is 39.7. The van der Waals surface area contributed by atoms with Gasteiger partial charge in [-0.2, -0.15) is 0 Å². The number of nitrogens with zero attached hydrogens (tertiary/aromatic N) is 5. The Morgan fingerprint density at radius 1 is 1.10 bits per heavy atom. The monoisotopic (exact) mass is 528 g/mol. The largest absolute Gasteiger partial charge is 0.369 e. The number of fused-ring (bicyclic) bond motifs is 1. The lowest BCUT2D eigenvalue weighted by molar-refractivity contribution is -0.123. The van der Waals surface area contributed by atoms with Crippen molar-refractivity contribution < 1.29 is 9.59 Å². The lowest BCUT2D eigenvalue weighted by atomic mass is 10.0. The van der Waals surface area contributed by atoms with Gasteiger partial charge in [-0.15, -0.1) is 0 Å². The van der Waals surface area contributed by atoms with Crippen LogP contribution in [-0.4, -0.2) is 80.2 Å². The van der Waals surface area contributed by atoms with E-state index in [2.05, 4.69) is 44.0 Å². The molecule has 2 aromatic rings. The van der Waals surface area contributed by atoms with Crippen molar-refractivity contribution in [1.82, 2.24) is 20.7 Å². The van der Waals surface area contributed by atoms with Gasteiger partial charge in [0.05, 0.1) is 18.2 Å². The predicted octanol–water partition coefficient (Wildman–Crippen LogP) is 2.92. The van der Waals surface area contributed by atoms with Gasteiger partial charge in [0.1, 0.15) is 12.0 Å². The molecule has 1 atom stereocenters. The van der Waals surface area contributed by atoms with Gasteiger partial charge in [-0.3, -0.25) is 20.0 Å². The first kappa shape index (κ1) is 26.4. The summed E-state index contributed by atoms with van der Waals surface area (Å²) in [6.07, 6.45) is 1.59. The zero-order valence-electron chi connectivity index (χ0n) is 23.0. The minimum absolute atomic E-state index is 0.00404. The van der Waals surface area contributed by atoms with Gasteiger partial charge in [0.15, 0.2) is 5.84 Å². The number of hydrogen-bond donors (Lipinski definition) is 3. The number of aliphatic imine (C=N–C) groups is 2. The SMILES string of the molecule is CCNC(=O)C1CN2NC=NC(=Nc3cc(NC(=O)c4cccc(N5CCN(C)CC5)c4)ccc3C)C2=C1C. The van der Waals surface area contributed by atoms with Crippen molar-refractivity contribution in [2.45, 2.75) is 20.8 Å². The zero-order chi connectivity index (χ0) is 27.5. The summed E-state index contributed by atoms with van der Waals surface area (Å²) in [5.74, 6) is 0.0893. The highest BCUT2D eigenvalue weighted by molar-refractivity contribution is 6.07. The molecule has 0 aromatic heterocycles. The summed E-state index contributed by atoms with van der Waals surface area (Å²) in [5.41, 5.74) is 8.83. The van der Waals surface area contributed by atoms with Crippen LogP contribution in [0, 0.1) is 12.8 Å². The predicted molar refractivity (Wildman–Crippen MR) is 156 cm³/mol. The van der Waals surface area contributed by atoms with Crippen LogP contribution >= 0.6 is 0 Å². The molecule has 2 amide bonds. The second-order valence-corrected chi connectivity index (χ2v) is 10.2. The third kappa shape index (κ3) is 5.65. The zero-order valence-corrected chi connectivity index (χ0v) is 23.0. The minimum Gasteiger partial charge on any atom is -0.369 e. The maximum absolute atomic E-state index is 13.2. The van der Waals surface area contributed by atoms with Gasteiger partial charge in [0, 0.05) is 49.7 Å². The number of anilines is 2. The molecule has 3 N–H and O–H groups in total. The van der Waals surface area contributed by atoms with E-state index in [-0.39, 0.29) is 17.7 Å². The molecule has 10 nitrogen and oxygen atoms in total. The molecule has 0 radical (unpaired) electrons. The van der Waals surface area contributed by atoms with Gasteiger partial charge in [-0.1, -0.05) is 12.1 Å². The molecule has 0 saturated carbocycles. The van der Waals surface area contributed by atoms with Crippen LogP contribution in [0.5, 0.6) is 0 Å². The summed E-state index contributed by atoms with van der Waals surface area (Å²) in [6, 6.07) is 13.5. The van der Waals surface area contributed by atoms with Crippen molar-refractivity contribution in [3.8, 4) is 0 Å². The molecule has 3 aliphatic rings. The van der Waals surface area contributed by atoms with E-state index in [9.17, 15) is 9.59 Å². The molecule has 10 heteroatoms. The van der Waals surface area contributed by atoms with Gasteiger partial charge < -0.3 is 20.4 Å². The smallest absolute Gasteiger partial charge is 0.255 e. The Kier molecular flexibility index (Phi) is 7.65. The average Bonchev–Trinajstić information content (AvgIpc) is 3.28. The summed E-state index contributed by atoms with van der Waals surface area (Å²) in [6.45, 7) is 10.8. The molecule has 2 aromatic carbocycles. The number of likely N-dealkylation sites (N-methyl/N-ethyl adjacent to an activating group) is 1. The number of hydrazine groups is 1. The van der Waals surface area contributed by atoms with Crippen LogP contribution in [0.3, 0.4) is 0 Å². The van der Waals surface area contributed by atoms with Crippen molar-refractivity contribution in [2.75, 3.05) is 56.5 Å². The number of nitrogens with one attached hydrogen (secondary N) is 3. The molecular formula is C29H36N8O2. The highest BCUT2D eigenvalue weighted by Gasteiger charge is 2.37. The highest BCUT2D eigenvalue weighted by atomic mass is 16.2. The third-order valence-electron chi connectivity index (χ3n) is 7.48. The molecule has 5 rings (SSSR count). The first-order valence-electron chi connectivity index (χ1n) is 13.4. The Morgan fingerprint density at radius 3 is 2.67 bits per heavy atom. The molecule has 204 valence electrons. The van der Waals surface area contributed by atoms with Gasteiger partial charge in [-0.05, 0) is 69.3 Å². The van der Waals surface area contributed by atoms with Crippen LogP contribution < -0.4 is 21.0 Å². The number of amides is 2. The number of rotatable bonds is 6. The number of piperazine rings is 1. The molecule has 1 saturated heterocycles. The van der Waals surface area contributed by atoms with Crippen LogP contribution in [0.15, 0.2) is 63.7 Å². The topological polar surface area (TPSA) is 105 Å². The molecule has 1 fully saturated rings. The van der Waals surface area contributed by atoms with Crippen molar-refractivity contribution in [3.05, 3.63) is 64.9 Å². The standard InChI is InChI=1S/C29H36N8O2/c1-5-30-29(39)24-17-37-26(20(24)3)27(31-18-32-37)34-25-16-22(10-9-19(25)2)33-28(38)21-7-6-8-23(15-21)36-13-11-35(4)12-14-36/h6-10,15-16,18,24H,5,11-14,17H2,1-4H3,(H,30,39)(H,33,38)(H,31,32,34). The first-order chi connectivity index (χ1) is 18.8. The van der Waals surface area contributed by atoms with E-state index in [1.165, 1.54) is 0 Å². The highest BCUT2D eigenvalue weighted by Crippen LogP contribution is 2.32. The number of carbonyl (C=O) groups excluding carboxylic acids is 2. The molecular weight excluding hydrogens is 492 g/mol. The molecule has 0 aliphatic carbocycles. The van der Waals surface area contributed by atoms with Crippen LogP contribution in [0.4, 0.5) is 17.1 Å². The van der Waals surface area contributed by atoms with Crippen LogP contribution in [-0.2, 0) is 4.79 Å². The minimum atomic E-state index is -0.271. The molecule has 3 heterocycles. The number of aryl methyl sites for hydroxylation is 1. The summed E-state index contributed by atoms with van der Waals surface area (Å²) < 4.78 is 0. The van der Waals surface area contributed by atoms with E-state index >= 15 is 0 Å². The Morgan fingerprint density at radius 2 is 1.90 bits per heavy atom. The van der Waals surface area contributed by atoms with E-state index in [0.717, 1.165) is 48.7 Å². The number of hydrogen-bond acceptors (Lipinski definition) is 7. The van der Waals surface area contributed by atoms with Gasteiger partial charge in [-0.25, -0.2) is 9.98 Å². The summed E-state index contributed by atoms with van der Waals surface area (Å²) >= 11 is 0. The quantitative estimate of drug-likeness (QED) is 0.533. The number of amidine groups is 1. The van der Waals surface area contributed by atoms with Crippen molar-refractivity contribution >= 4 is 41.1 Å². The molecule has 1 unspecified atom stereocenters. The van der Waals surface area contributed by atoms with E-state index in [1.54, 1.807) is 6.34 Å². The fraction of sp³-hybridized carbons (Fsp3) is 0.379. The van der Waals surface area contributed by atoms with Crippen molar-refractivity contribution in [3.63, 3.8) is 0 Å². The molecule has 3 aliphatic heterocycles. The van der Waals surface area contributed by atoms with E-state index in [0.29, 0.717) is 35.9 Å². The fourth-order valence-electron chi connectivity index (χ4n) is 5.12. The van der Waals surface area contributed by atoms with E-state index < -0.39 is 0 Å². The lowest BCUT2D eigenvalue weighted by Gasteiger charge is -2.34. The summed E-state index contributed by atoms with van der Waals surface area (Å²) in [7, 11) is 2.13. The molecule has 0 bridgehead atoms. The lowest BCUT2D eigenvalue weighted by Crippen LogP contribution is -2.44. The van der Waals surface area contributed by atoms with Crippen molar-refractivity contribution in [1.29, 1.82) is 0 Å². The van der Waals surface area contributed by atoms with Crippen molar-refractivity contribution in [2.24, 2.45) is 15.9 Å². The Labute approximate surface area is 229 Å². The average molecular weight is 529 g/mol. The van der Waals surface area contributed by atoms with Gasteiger partial charge >= 0.3 is 0 Å². The Bertz CT molecular complexity index is 1360. The first-order valence-corrected chi connectivity index (χ1v) is 13.4. The van der Waals surface area contributed by atoms with E-state index in [1.807, 2.05) is 62.2 Å². The van der Waals surface area contributed by atoms with E-state index in [4.69, 9.17) is 4.99 Å². The fourth-order valence-corrected chi connectivity index (χ4v) is 5.12. The molecule has 0 spiro atoms. The maximum atomic E-state index is 13.2. The van der Waals surface area contributed by atoms with Crippen LogP contribution in [0.2, 0.25) is 0 Å². The number of benzene rings is 2. The second kappa shape index (κ2) is 11.3. The van der Waals surface area contributed by atoms with Crippen LogP contribution in [0.1, 0.15) is 29.8 Å². The Hall–Kier alpha value is -4.18. The second-order valence-electron chi connectivity index (χ2n) is 10.2. The van der Waals surface area contributed by atoms with Gasteiger partial charge in [0.25, 0.3) is 5.91 Å². The molecule has 39 heavy (non-hydrogen) atoms. The van der Waals surface area contributed by atoms with Crippen LogP contribution in [0.25, 0.3) is 0 Å². The van der Waals surface area contributed by atoms with Gasteiger partial charge in [0.2, 0.25) is 5.91 Å². The number of carbonyl (C=O) groups is 2.